The number of ether oxygens (including phenoxy) is 1. The lowest BCUT2D eigenvalue weighted by Gasteiger charge is -2.17. The van der Waals surface area contributed by atoms with Crippen LogP contribution < -0.4 is 19.9 Å². The Bertz CT molecular complexity index is 1220. The highest BCUT2D eigenvalue weighted by molar-refractivity contribution is 7.93. The predicted octanol–water partition coefficient (Wildman–Crippen LogP) is 2.45. The van der Waals surface area contributed by atoms with Crippen molar-refractivity contribution in [2.75, 3.05) is 23.7 Å². The molecule has 0 saturated carbocycles. The summed E-state index contributed by atoms with van der Waals surface area (Å²) in [6.07, 6.45) is 3.82. The molecule has 0 amide bonds. The number of carboxylic acids is 1. The first kappa shape index (κ1) is 25.2. The van der Waals surface area contributed by atoms with Crippen LogP contribution in [-0.4, -0.2) is 41.6 Å². The van der Waals surface area contributed by atoms with Gasteiger partial charge in [-0.15, -0.1) is 0 Å². The van der Waals surface area contributed by atoms with E-state index < -0.39 is 26.0 Å². The average molecular weight is 484 g/mol. The van der Waals surface area contributed by atoms with E-state index in [1.165, 1.54) is 43.5 Å². The number of nitrogens with one attached hydrogen (secondary N) is 2. The van der Waals surface area contributed by atoms with Crippen LogP contribution >= 0.6 is 0 Å². The first-order valence-corrected chi connectivity index (χ1v) is 12.5. The van der Waals surface area contributed by atoms with E-state index in [9.17, 15) is 21.6 Å². The smallest absolute Gasteiger partial charge is 0.328 e. The van der Waals surface area contributed by atoms with Crippen molar-refractivity contribution in [1.82, 2.24) is 0 Å². The zero-order valence-corrected chi connectivity index (χ0v) is 19.2. The normalized spacial score (nSPS) is 12.0. The molecule has 0 fully saturated rings. The number of aliphatic carboxylic acids is 1. The minimum absolute atomic E-state index is 0.0128. The van der Waals surface area contributed by atoms with Gasteiger partial charge in [0, 0.05) is 12.6 Å². The average Bonchev–Trinajstić information content (AvgIpc) is 2.72. The van der Waals surface area contributed by atoms with Crippen LogP contribution in [0.1, 0.15) is 25.3 Å². The maximum Gasteiger partial charge on any atom is 0.328 e. The van der Waals surface area contributed by atoms with Gasteiger partial charge in [-0.25, -0.2) is 26.8 Å². The monoisotopic (exact) mass is 483 g/mol. The van der Waals surface area contributed by atoms with Gasteiger partial charge in [-0.3, -0.25) is 4.72 Å². The number of methoxy groups -OCH3 is 1. The Morgan fingerprint density at radius 1 is 1.12 bits per heavy atom. The number of carboxylic acid groups (broad SMARTS) is 1. The van der Waals surface area contributed by atoms with E-state index in [4.69, 9.17) is 15.0 Å². The molecule has 0 spiro atoms. The Morgan fingerprint density at radius 3 is 2.44 bits per heavy atom. The van der Waals surface area contributed by atoms with Gasteiger partial charge in [0.25, 0.3) is 10.0 Å². The van der Waals surface area contributed by atoms with Crippen LogP contribution in [0.15, 0.2) is 52.3 Å². The molecule has 0 aliphatic rings. The summed E-state index contributed by atoms with van der Waals surface area (Å²) in [6, 6.07) is 7.96. The molecule has 2 aromatic carbocycles. The standard InChI is InChI=1S/C20H25N3O7S2/c1-3-4-11-22-16-8-7-15(31(21,26)27)13-17(16)23-32(28,29)19-12-14(6-10-20(24)25)5-9-18(19)30-2/h5-10,12-13,22-23H,3-4,11H2,1-2H3,(H,24,25)(H2,21,26,27)/b10-6+. The highest BCUT2D eigenvalue weighted by Crippen LogP contribution is 2.31. The van der Waals surface area contributed by atoms with E-state index in [0.29, 0.717) is 17.8 Å². The van der Waals surface area contributed by atoms with Gasteiger partial charge in [-0.1, -0.05) is 19.4 Å². The molecule has 10 nitrogen and oxygen atoms in total. The molecule has 0 aliphatic heterocycles. The van der Waals surface area contributed by atoms with Gasteiger partial charge in [-0.2, -0.15) is 0 Å². The van der Waals surface area contributed by atoms with Crippen LogP contribution in [-0.2, 0) is 24.8 Å². The summed E-state index contributed by atoms with van der Waals surface area (Å²) in [5.41, 5.74) is 0.671. The second-order valence-corrected chi connectivity index (χ2v) is 9.93. The molecule has 0 saturated heterocycles. The van der Waals surface area contributed by atoms with Crippen molar-refractivity contribution in [3.63, 3.8) is 0 Å². The van der Waals surface area contributed by atoms with Crippen LogP contribution in [0.3, 0.4) is 0 Å². The lowest BCUT2D eigenvalue weighted by Crippen LogP contribution is -2.18. The first-order valence-electron chi connectivity index (χ1n) is 9.50. The third-order valence-electron chi connectivity index (χ3n) is 4.31. The molecule has 0 aromatic heterocycles. The van der Waals surface area contributed by atoms with Crippen LogP contribution in [0.25, 0.3) is 6.08 Å². The summed E-state index contributed by atoms with van der Waals surface area (Å²) in [5, 5.41) is 17.1. The van der Waals surface area contributed by atoms with Crippen molar-refractivity contribution in [2.24, 2.45) is 5.14 Å². The molecule has 5 N–H and O–H groups in total. The number of sulfonamides is 2. The largest absolute Gasteiger partial charge is 0.495 e. The summed E-state index contributed by atoms with van der Waals surface area (Å²) >= 11 is 0. The minimum Gasteiger partial charge on any atom is -0.495 e. The van der Waals surface area contributed by atoms with E-state index in [1.807, 2.05) is 6.92 Å². The van der Waals surface area contributed by atoms with Gasteiger partial charge < -0.3 is 15.2 Å². The molecule has 174 valence electrons. The number of primary sulfonamides is 1. The molecular weight excluding hydrogens is 458 g/mol. The second-order valence-electron chi connectivity index (χ2n) is 6.72. The summed E-state index contributed by atoms with van der Waals surface area (Å²) in [5.74, 6) is -1.17. The number of carbonyl (C=O) groups is 1. The van der Waals surface area contributed by atoms with Crippen LogP contribution in [0.4, 0.5) is 11.4 Å². The number of anilines is 2. The van der Waals surface area contributed by atoms with Crippen LogP contribution in [0.5, 0.6) is 5.75 Å². The lowest BCUT2D eigenvalue weighted by atomic mass is 10.2. The molecule has 0 unspecified atom stereocenters. The van der Waals surface area contributed by atoms with Gasteiger partial charge in [-0.05, 0) is 48.4 Å². The van der Waals surface area contributed by atoms with Gasteiger partial charge >= 0.3 is 5.97 Å². The Labute approximate surface area is 187 Å². The zero-order chi connectivity index (χ0) is 23.9. The molecule has 0 bridgehead atoms. The Hall–Kier alpha value is -3.09. The van der Waals surface area contributed by atoms with Crippen LogP contribution in [0.2, 0.25) is 0 Å². The van der Waals surface area contributed by atoms with Crippen molar-refractivity contribution in [2.45, 2.75) is 29.6 Å². The maximum absolute atomic E-state index is 13.2. The summed E-state index contributed by atoms with van der Waals surface area (Å²) in [4.78, 5) is 10.2. The Kier molecular flexibility index (Phi) is 8.25. The van der Waals surface area contributed by atoms with Gasteiger partial charge in [0.05, 0.1) is 23.4 Å². The fourth-order valence-electron chi connectivity index (χ4n) is 2.71. The van der Waals surface area contributed by atoms with E-state index in [1.54, 1.807) is 0 Å². The molecule has 2 rings (SSSR count). The van der Waals surface area contributed by atoms with Gasteiger partial charge in [0.1, 0.15) is 10.6 Å². The van der Waals surface area contributed by atoms with Crippen molar-refractivity contribution < 1.29 is 31.5 Å². The highest BCUT2D eigenvalue weighted by Gasteiger charge is 2.22. The van der Waals surface area contributed by atoms with E-state index in [-0.39, 0.29) is 21.2 Å². The fraction of sp³-hybridized carbons (Fsp3) is 0.250. The molecule has 0 heterocycles. The number of hydrogen-bond acceptors (Lipinski definition) is 7. The molecule has 12 heteroatoms. The Balaban J connectivity index is 2.54. The summed E-state index contributed by atoms with van der Waals surface area (Å²) in [7, 11) is -7.05. The quantitative estimate of drug-likeness (QED) is 0.279. The first-order chi connectivity index (χ1) is 15.0. The number of hydrogen-bond donors (Lipinski definition) is 4. The SMILES string of the molecule is CCCCNc1ccc(S(N)(=O)=O)cc1NS(=O)(=O)c1cc(/C=C/C(=O)O)ccc1OC. The number of unbranched alkanes of at least 4 members (excludes halogenated alkanes) is 1. The molecular formula is C20H25N3O7S2. The van der Waals surface area contributed by atoms with Gasteiger partial charge in [0.15, 0.2) is 0 Å². The van der Waals surface area contributed by atoms with E-state index in [0.717, 1.165) is 25.0 Å². The van der Waals surface area contributed by atoms with Crippen molar-refractivity contribution in [3.05, 3.63) is 48.0 Å². The number of benzene rings is 2. The number of rotatable bonds is 11. The summed E-state index contributed by atoms with van der Waals surface area (Å²) in [6.45, 7) is 2.53. The molecule has 0 atom stereocenters. The lowest BCUT2D eigenvalue weighted by molar-refractivity contribution is -0.131. The Morgan fingerprint density at radius 2 is 1.84 bits per heavy atom. The number of nitrogens with two attached hydrogens (primary N) is 1. The van der Waals surface area contributed by atoms with E-state index in [2.05, 4.69) is 10.0 Å². The molecule has 0 aliphatic carbocycles. The molecule has 2 aromatic rings. The maximum atomic E-state index is 13.2. The molecule has 32 heavy (non-hydrogen) atoms. The van der Waals surface area contributed by atoms with E-state index >= 15 is 0 Å². The van der Waals surface area contributed by atoms with Crippen LogP contribution in [0, 0.1) is 0 Å². The van der Waals surface area contributed by atoms with Crippen molar-refractivity contribution in [1.29, 1.82) is 0 Å². The van der Waals surface area contributed by atoms with Crippen molar-refractivity contribution in [3.8, 4) is 5.75 Å². The zero-order valence-electron chi connectivity index (χ0n) is 17.5. The minimum atomic E-state index is -4.26. The highest BCUT2D eigenvalue weighted by atomic mass is 32.2. The third-order valence-corrected chi connectivity index (χ3v) is 6.60. The van der Waals surface area contributed by atoms with Crippen molar-refractivity contribution >= 4 is 43.5 Å². The third kappa shape index (κ3) is 6.70. The summed E-state index contributed by atoms with van der Waals surface area (Å²) < 4.78 is 57.4. The fourth-order valence-corrected chi connectivity index (χ4v) is 4.53. The second kappa shape index (κ2) is 10.5. The predicted molar refractivity (Wildman–Crippen MR) is 122 cm³/mol. The topological polar surface area (TPSA) is 165 Å². The molecule has 0 radical (unpaired) electrons. The van der Waals surface area contributed by atoms with Gasteiger partial charge in [0.2, 0.25) is 10.0 Å².